The fourth-order valence-electron chi connectivity index (χ4n) is 4.17. The standard InChI is InChI=1S/C25H30ClFN4O3/c26-21-13-19(14-22(27)25(32)30-34-23-10-4-5-12-33-23)15-28-24(21)29-20-9-6-11-31(17-20)16-18-7-2-1-3-8-18/h1-3,7-8,13-15,20,23H,4-6,9-12,16-17H2,(H,28,29)(H,30,32)/t20-,23?/m1/s1. The summed E-state index contributed by atoms with van der Waals surface area (Å²) in [6.07, 6.45) is 6.66. The van der Waals surface area contributed by atoms with Gasteiger partial charge in [-0.3, -0.25) is 9.69 Å². The molecule has 1 amide bonds. The van der Waals surface area contributed by atoms with Crippen molar-refractivity contribution < 1.29 is 18.8 Å². The van der Waals surface area contributed by atoms with Crippen molar-refractivity contribution >= 4 is 29.4 Å². The van der Waals surface area contributed by atoms with Crippen molar-refractivity contribution in [3.8, 4) is 0 Å². The number of nitrogens with one attached hydrogen (secondary N) is 2. The normalized spacial score (nSPS) is 21.8. The Balaban J connectivity index is 1.30. The Morgan fingerprint density at radius 3 is 2.88 bits per heavy atom. The fourth-order valence-corrected chi connectivity index (χ4v) is 4.40. The van der Waals surface area contributed by atoms with Crippen molar-refractivity contribution in [2.45, 2.75) is 51.0 Å². The van der Waals surface area contributed by atoms with Gasteiger partial charge in [0.15, 0.2) is 12.1 Å². The first-order chi connectivity index (χ1) is 16.6. The first-order valence-electron chi connectivity index (χ1n) is 11.7. The third-order valence-corrected chi connectivity index (χ3v) is 6.18. The van der Waals surface area contributed by atoms with E-state index in [-0.39, 0.29) is 6.04 Å². The van der Waals surface area contributed by atoms with Crippen LogP contribution in [-0.2, 0) is 20.9 Å². The third-order valence-electron chi connectivity index (χ3n) is 5.89. The highest BCUT2D eigenvalue weighted by molar-refractivity contribution is 6.33. The van der Waals surface area contributed by atoms with Gasteiger partial charge in [-0.1, -0.05) is 41.9 Å². The lowest BCUT2D eigenvalue weighted by atomic mass is 10.0. The summed E-state index contributed by atoms with van der Waals surface area (Å²) in [5.41, 5.74) is 3.77. The van der Waals surface area contributed by atoms with Gasteiger partial charge >= 0.3 is 5.91 Å². The van der Waals surface area contributed by atoms with E-state index in [1.807, 2.05) is 6.07 Å². The van der Waals surface area contributed by atoms with Crippen LogP contribution in [0.25, 0.3) is 6.08 Å². The van der Waals surface area contributed by atoms with Crippen molar-refractivity contribution in [1.29, 1.82) is 0 Å². The Kier molecular flexibility index (Phi) is 8.87. The summed E-state index contributed by atoms with van der Waals surface area (Å²) in [5, 5.41) is 3.78. The maximum absolute atomic E-state index is 14.3. The molecule has 1 aromatic heterocycles. The lowest BCUT2D eigenvalue weighted by molar-refractivity contribution is -0.199. The second kappa shape index (κ2) is 12.3. The highest BCUT2D eigenvalue weighted by atomic mass is 35.5. The Hall–Kier alpha value is -2.52. The smallest absolute Gasteiger partial charge is 0.303 e. The van der Waals surface area contributed by atoms with Gasteiger partial charge in [-0.2, -0.15) is 0 Å². The predicted octanol–water partition coefficient (Wildman–Crippen LogP) is 4.70. The monoisotopic (exact) mass is 488 g/mol. The molecule has 3 heterocycles. The summed E-state index contributed by atoms with van der Waals surface area (Å²) in [4.78, 5) is 23.8. The summed E-state index contributed by atoms with van der Waals surface area (Å²) in [7, 11) is 0. The average Bonchev–Trinajstić information content (AvgIpc) is 2.86. The van der Waals surface area contributed by atoms with Gasteiger partial charge in [0.1, 0.15) is 5.82 Å². The largest absolute Gasteiger partial charge is 0.365 e. The zero-order chi connectivity index (χ0) is 23.8. The Morgan fingerprint density at radius 1 is 1.26 bits per heavy atom. The Labute approximate surface area is 204 Å². The number of pyridine rings is 1. The van der Waals surface area contributed by atoms with Gasteiger partial charge in [-0.25, -0.2) is 19.7 Å². The molecule has 0 saturated carbocycles. The number of benzene rings is 1. The molecule has 182 valence electrons. The number of ether oxygens (including phenoxy) is 1. The molecular weight excluding hydrogens is 459 g/mol. The molecule has 2 aromatic rings. The maximum atomic E-state index is 14.3. The summed E-state index contributed by atoms with van der Waals surface area (Å²) < 4.78 is 19.6. The number of rotatable bonds is 8. The zero-order valence-corrected chi connectivity index (χ0v) is 19.8. The highest BCUT2D eigenvalue weighted by Gasteiger charge is 2.21. The predicted molar refractivity (Wildman–Crippen MR) is 130 cm³/mol. The number of piperidine rings is 1. The molecule has 1 unspecified atom stereocenters. The number of aromatic nitrogens is 1. The summed E-state index contributed by atoms with van der Waals surface area (Å²) >= 11 is 6.41. The molecule has 2 aliphatic heterocycles. The van der Waals surface area contributed by atoms with Gasteiger partial charge in [0, 0.05) is 38.4 Å². The van der Waals surface area contributed by atoms with Gasteiger partial charge < -0.3 is 10.1 Å². The molecule has 2 saturated heterocycles. The van der Waals surface area contributed by atoms with Crippen LogP contribution in [0.2, 0.25) is 5.02 Å². The molecule has 2 aliphatic rings. The number of hydrogen-bond acceptors (Lipinski definition) is 6. The van der Waals surface area contributed by atoms with Gasteiger partial charge in [0.2, 0.25) is 0 Å². The Bertz CT molecular complexity index is 985. The van der Waals surface area contributed by atoms with Crippen LogP contribution < -0.4 is 10.8 Å². The number of amides is 1. The van der Waals surface area contributed by atoms with Crippen molar-refractivity contribution in [2.24, 2.45) is 0 Å². The summed E-state index contributed by atoms with van der Waals surface area (Å²) in [6, 6.07) is 12.2. The molecule has 0 aliphatic carbocycles. The summed E-state index contributed by atoms with van der Waals surface area (Å²) in [5.74, 6) is -1.43. The molecule has 7 nitrogen and oxygen atoms in total. The SMILES string of the molecule is O=C(NOC1CCCCO1)C(F)=Cc1cnc(N[C@@H]2CCCN(Cc3ccccc3)C2)c(Cl)c1. The van der Waals surface area contributed by atoms with Gasteiger partial charge in [0.25, 0.3) is 0 Å². The van der Waals surface area contributed by atoms with Gasteiger partial charge in [-0.05, 0) is 55.5 Å². The first kappa shape index (κ1) is 24.6. The number of likely N-dealkylation sites (tertiary alicyclic amines) is 1. The van der Waals surface area contributed by atoms with E-state index >= 15 is 0 Å². The second-order valence-corrected chi connectivity index (χ2v) is 9.05. The van der Waals surface area contributed by atoms with Crippen LogP contribution in [0.1, 0.15) is 43.2 Å². The van der Waals surface area contributed by atoms with Crippen molar-refractivity contribution in [1.82, 2.24) is 15.4 Å². The van der Waals surface area contributed by atoms with Crippen LogP contribution in [0.4, 0.5) is 10.2 Å². The Morgan fingerprint density at radius 2 is 2.12 bits per heavy atom. The molecule has 9 heteroatoms. The van der Waals surface area contributed by atoms with E-state index < -0.39 is 18.0 Å². The van der Waals surface area contributed by atoms with E-state index in [1.54, 1.807) is 6.07 Å². The molecule has 0 spiro atoms. The number of hydroxylamine groups is 1. The molecule has 2 atom stereocenters. The quantitative estimate of drug-likeness (QED) is 0.414. The van der Waals surface area contributed by atoms with E-state index in [2.05, 4.69) is 44.9 Å². The van der Waals surface area contributed by atoms with Crippen molar-refractivity contribution in [3.63, 3.8) is 0 Å². The van der Waals surface area contributed by atoms with E-state index in [0.29, 0.717) is 29.4 Å². The first-order valence-corrected chi connectivity index (χ1v) is 12.1. The van der Waals surface area contributed by atoms with Crippen LogP contribution in [-0.4, -0.2) is 47.8 Å². The molecule has 0 bridgehead atoms. The lowest BCUT2D eigenvalue weighted by Crippen LogP contribution is -2.41. The lowest BCUT2D eigenvalue weighted by Gasteiger charge is -2.33. The molecule has 2 fully saturated rings. The van der Waals surface area contributed by atoms with Crippen LogP contribution >= 0.6 is 11.6 Å². The number of carbonyl (C=O) groups excluding carboxylic acids is 1. The minimum Gasteiger partial charge on any atom is -0.365 e. The maximum Gasteiger partial charge on any atom is 0.303 e. The number of hydrogen-bond donors (Lipinski definition) is 2. The molecule has 0 radical (unpaired) electrons. The van der Waals surface area contributed by atoms with E-state index in [1.165, 1.54) is 11.8 Å². The number of carbonyl (C=O) groups is 1. The summed E-state index contributed by atoms with van der Waals surface area (Å²) in [6.45, 7) is 3.40. The van der Waals surface area contributed by atoms with Crippen molar-refractivity contribution in [2.75, 3.05) is 25.0 Å². The van der Waals surface area contributed by atoms with Crippen LogP contribution in [0.5, 0.6) is 0 Å². The van der Waals surface area contributed by atoms with Gasteiger partial charge in [-0.15, -0.1) is 0 Å². The number of halogens is 2. The minimum absolute atomic E-state index is 0.213. The van der Waals surface area contributed by atoms with E-state index in [4.69, 9.17) is 21.2 Å². The highest BCUT2D eigenvalue weighted by Crippen LogP contribution is 2.25. The van der Waals surface area contributed by atoms with Gasteiger partial charge in [0.05, 0.1) is 5.02 Å². The number of anilines is 1. The molecule has 2 N–H and O–H groups in total. The van der Waals surface area contributed by atoms with Crippen LogP contribution in [0, 0.1) is 0 Å². The van der Waals surface area contributed by atoms with E-state index in [9.17, 15) is 9.18 Å². The van der Waals surface area contributed by atoms with Crippen molar-refractivity contribution in [3.05, 3.63) is 64.6 Å². The zero-order valence-electron chi connectivity index (χ0n) is 19.0. The fraction of sp³-hybridized carbons (Fsp3) is 0.440. The van der Waals surface area contributed by atoms with E-state index in [0.717, 1.165) is 51.4 Å². The molecule has 34 heavy (non-hydrogen) atoms. The topological polar surface area (TPSA) is 75.7 Å². The minimum atomic E-state index is -1.00. The van der Waals surface area contributed by atoms with Crippen LogP contribution in [0.3, 0.4) is 0 Å². The number of nitrogens with zero attached hydrogens (tertiary/aromatic N) is 2. The molecule has 1 aromatic carbocycles. The average molecular weight is 489 g/mol. The molecular formula is C25H30ClFN4O3. The second-order valence-electron chi connectivity index (χ2n) is 8.64. The third kappa shape index (κ3) is 7.24. The molecule has 4 rings (SSSR count). The van der Waals surface area contributed by atoms with Crippen LogP contribution in [0.15, 0.2) is 48.4 Å².